The Bertz CT molecular complexity index is 424. The Morgan fingerprint density at radius 3 is 1.50 bits per heavy atom. The normalized spacial score (nSPS) is 12.0. The quantitative estimate of drug-likeness (QED) is 0.165. The molecule has 150 valence electrons. The van der Waals surface area contributed by atoms with Crippen molar-refractivity contribution in [2.24, 2.45) is 0 Å². The Morgan fingerprint density at radius 1 is 0.692 bits per heavy atom. The molecule has 4 nitrogen and oxygen atoms in total. The minimum atomic E-state index is -1.23. The van der Waals surface area contributed by atoms with E-state index in [1.54, 1.807) is 6.08 Å². The van der Waals surface area contributed by atoms with Crippen molar-refractivity contribution in [2.75, 3.05) is 0 Å². The molecule has 0 heterocycles. The number of aliphatic carboxylic acids is 2. The Morgan fingerprint density at radius 2 is 1.12 bits per heavy atom. The first-order valence-electron chi connectivity index (χ1n) is 10.4. The monoisotopic (exact) mass is 366 g/mol. The highest BCUT2D eigenvalue weighted by Gasteiger charge is 2.04. The SMILES string of the molecule is CCCCCCCCCCCCCCCC/C=C/C(=C/C(=O)O)C(=O)O. The van der Waals surface area contributed by atoms with E-state index in [4.69, 9.17) is 10.2 Å². The predicted molar refractivity (Wildman–Crippen MR) is 107 cm³/mol. The molecule has 0 rings (SSSR count). The summed E-state index contributed by atoms with van der Waals surface area (Å²) in [5.41, 5.74) is -0.178. The molecule has 0 aliphatic rings. The average Bonchev–Trinajstić information content (AvgIpc) is 2.59. The van der Waals surface area contributed by atoms with Gasteiger partial charge in [0, 0.05) is 6.08 Å². The number of carbonyl (C=O) groups is 2. The van der Waals surface area contributed by atoms with Crippen LogP contribution in [0.3, 0.4) is 0 Å². The predicted octanol–water partition coefficient (Wildman–Crippen LogP) is 6.51. The summed E-state index contributed by atoms with van der Waals surface area (Å²) in [4.78, 5) is 21.4. The summed E-state index contributed by atoms with van der Waals surface area (Å²) in [6.07, 6.45) is 23.0. The van der Waals surface area contributed by atoms with E-state index in [9.17, 15) is 9.59 Å². The molecule has 0 spiro atoms. The minimum Gasteiger partial charge on any atom is -0.478 e. The lowest BCUT2D eigenvalue weighted by molar-refractivity contribution is -0.134. The second-order valence-corrected chi connectivity index (χ2v) is 7.03. The van der Waals surface area contributed by atoms with Crippen LogP contribution in [0.1, 0.15) is 103 Å². The highest BCUT2D eigenvalue weighted by atomic mass is 16.4. The van der Waals surface area contributed by atoms with Gasteiger partial charge in [0.1, 0.15) is 0 Å². The number of hydrogen-bond acceptors (Lipinski definition) is 2. The molecule has 0 amide bonds. The molecule has 0 aromatic rings. The van der Waals surface area contributed by atoms with E-state index in [0.29, 0.717) is 0 Å². The second kappa shape index (κ2) is 18.2. The summed E-state index contributed by atoms with van der Waals surface area (Å²) in [6.45, 7) is 2.26. The Balaban J connectivity index is 3.42. The van der Waals surface area contributed by atoms with Crippen LogP contribution >= 0.6 is 0 Å². The maximum atomic E-state index is 10.8. The van der Waals surface area contributed by atoms with E-state index in [-0.39, 0.29) is 5.57 Å². The number of unbranched alkanes of at least 4 members (excludes halogenated alkanes) is 14. The van der Waals surface area contributed by atoms with Crippen LogP contribution < -0.4 is 0 Å². The zero-order chi connectivity index (χ0) is 19.5. The van der Waals surface area contributed by atoms with Crippen LogP contribution in [0.4, 0.5) is 0 Å². The van der Waals surface area contributed by atoms with E-state index in [1.807, 2.05) is 0 Å². The summed E-state index contributed by atoms with van der Waals surface area (Å²) in [6, 6.07) is 0. The summed E-state index contributed by atoms with van der Waals surface area (Å²) in [5.74, 6) is -2.44. The zero-order valence-corrected chi connectivity index (χ0v) is 16.5. The number of carboxylic acids is 2. The summed E-state index contributed by atoms with van der Waals surface area (Å²) in [7, 11) is 0. The fourth-order valence-electron chi connectivity index (χ4n) is 2.98. The van der Waals surface area contributed by atoms with Crippen molar-refractivity contribution in [1.82, 2.24) is 0 Å². The molecule has 0 aliphatic heterocycles. The second-order valence-electron chi connectivity index (χ2n) is 7.03. The third-order valence-corrected chi connectivity index (χ3v) is 4.55. The van der Waals surface area contributed by atoms with Crippen LogP contribution in [0.5, 0.6) is 0 Å². The number of carboxylic acid groups (broad SMARTS) is 2. The van der Waals surface area contributed by atoms with Gasteiger partial charge in [-0.25, -0.2) is 9.59 Å². The summed E-state index contributed by atoms with van der Waals surface area (Å²) < 4.78 is 0. The molecule has 0 aromatic heterocycles. The topological polar surface area (TPSA) is 74.6 Å². The summed E-state index contributed by atoms with van der Waals surface area (Å²) >= 11 is 0. The fourth-order valence-corrected chi connectivity index (χ4v) is 2.98. The molecule has 0 fully saturated rings. The van der Waals surface area contributed by atoms with Gasteiger partial charge in [0.25, 0.3) is 0 Å². The fraction of sp³-hybridized carbons (Fsp3) is 0.727. The van der Waals surface area contributed by atoms with Crippen molar-refractivity contribution in [1.29, 1.82) is 0 Å². The first-order chi connectivity index (χ1) is 12.6. The van der Waals surface area contributed by atoms with Gasteiger partial charge in [-0.05, 0) is 12.8 Å². The van der Waals surface area contributed by atoms with Crippen molar-refractivity contribution >= 4 is 11.9 Å². The van der Waals surface area contributed by atoms with Crippen molar-refractivity contribution in [2.45, 2.75) is 103 Å². The van der Waals surface area contributed by atoms with Crippen LogP contribution in [0.25, 0.3) is 0 Å². The first kappa shape index (κ1) is 24.4. The minimum absolute atomic E-state index is 0.178. The van der Waals surface area contributed by atoms with Crippen LogP contribution in [0, 0.1) is 0 Å². The smallest absolute Gasteiger partial charge is 0.335 e. The van der Waals surface area contributed by atoms with Crippen LogP contribution in [-0.2, 0) is 9.59 Å². The van der Waals surface area contributed by atoms with E-state index >= 15 is 0 Å². The van der Waals surface area contributed by atoms with Gasteiger partial charge in [0.2, 0.25) is 0 Å². The summed E-state index contributed by atoms with van der Waals surface area (Å²) in [5, 5.41) is 17.5. The van der Waals surface area contributed by atoms with E-state index in [2.05, 4.69) is 6.92 Å². The molecule has 0 saturated carbocycles. The molecule has 0 aliphatic carbocycles. The van der Waals surface area contributed by atoms with Crippen LogP contribution in [0.15, 0.2) is 23.8 Å². The van der Waals surface area contributed by atoms with Crippen LogP contribution in [-0.4, -0.2) is 22.2 Å². The molecule has 4 heteroatoms. The highest BCUT2D eigenvalue weighted by Crippen LogP contribution is 2.13. The van der Waals surface area contributed by atoms with Crippen LogP contribution in [0.2, 0.25) is 0 Å². The molecule has 2 N–H and O–H groups in total. The van der Waals surface area contributed by atoms with Crippen molar-refractivity contribution < 1.29 is 19.8 Å². The van der Waals surface area contributed by atoms with Gasteiger partial charge in [-0.15, -0.1) is 0 Å². The van der Waals surface area contributed by atoms with Gasteiger partial charge < -0.3 is 10.2 Å². The molecule has 0 aromatic carbocycles. The molecular formula is C22H38O4. The Labute approximate surface area is 159 Å². The first-order valence-corrected chi connectivity index (χ1v) is 10.4. The maximum Gasteiger partial charge on any atom is 0.335 e. The molecular weight excluding hydrogens is 328 g/mol. The van der Waals surface area contributed by atoms with Gasteiger partial charge in [-0.1, -0.05) is 103 Å². The number of rotatable bonds is 18. The highest BCUT2D eigenvalue weighted by molar-refractivity contribution is 5.96. The van der Waals surface area contributed by atoms with Gasteiger partial charge in [0.15, 0.2) is 0 Å². The third-order valence-electron chi connectivity index (χ3n) is 4.55. The maximum absolute atomic E-state index is 10.8. The molecule has 0 bridgehead atoms. The standard InChI is InChI=1S/C22H38O4/c1-2-3-4-5-6-7-8-9-10-11-12-13-14-15-16-17-18-20(22(25)26)19-21(23)24/h17-19H,2-16H2,1H3,(H,23,24)(H,25,26)/b18-17+,20-19-. The van der Waals surface area contributed by atoms with Crippen molar-refractivity contribution in [3.8, 4) is 0 Å². The van der Waals surface area contributed by atoms with Crippen molar-refractivity contribution in [3.05, 3.63) is 23.8 Å². The average molecular weight is 367 g/mol. The van der Waals surface area contributed by atoms with Gasteiger partial charge in [0.05, 0.1) is 5.57 Å². The number of allylic oxidation sites excluding steroid dienone is 1. The van der Waals surface area contributed by atoms with Gasteiger partial charge in [-0.2, -0.15) is 0 Å². The van der Waals surface area contributed by atoms with E-state index < -0.39 is 11.9 Å². The lowest BCUT2D eigenvalue weighted by Gasteiger charge is -2.02. The number of hydrogen-bond donors (Lipinski definition) is 2. The van der Waals surface area contributed by atoms with Gasteiger partial charge >= 0.3 is 11.9 Å². The third kappa shape index (κ3) is 17.2. The molecule has 0 saturated heterocycles. The largest absolute Gasteiger partial charge is 0.478 e. The molecule has 26 heavy (non-hydrogen) atoms. The zero-order valence-electron chi connectivity index (χ0n) is 16.5. The molecule has 0 atom stereocenters. The molecule has 0 radical (unpaired) electrons. The lowest BCUT2D eigenvalue weighted by atomic mass is 10.0. The van der Waals surface area contributed by atoms with Gasteiger partial charge in [-0.3, -0.25) is 0 Å². The van der Waals surface area contributed by atoms with E-state index in [1.165, 1.54) is 83.1 Å². The Hall–Kier alpha value is -1.58. The Kier molecular flexibility index (Phi) is 17.1. The lowest BCUT2D eigenvalue weighted by Crippen LogP contribution is -2.01. The molecule has 0 unspecified atom stereocenters. The van der Waals surface area contributed by atoms with Crippen molar-refractivity contribution in [3.63, 3.8) is 0 Å². The van der Waals surface area contributed by atoms with E-state index in [0.717, 1.165) is 25.3 Å².